The Labute approximate surface area is 183 Å². The Bertz CT molecular complexity index is 1020. The molecule has 4 heteroatoms. The van der Waals surface area contributed by atoms with Gasteiger partial charge in [-0.15, -0.1) is 11.3 Å². The van der Waals surface area contributed by atoms with Crippen molar-refractivity contribution in [2.24, 2.45) is 7.05 Å². The number of thioether (sulfide) groups is 1. The highest BCUT2D eigenvalue weighted by Crippen LogP contribution is 2.31. The van der Waals surface area contributed by atoms with Crippen molar-refractivity contribution in [3.8, 4) is 0 Å². The highest BCUT2D eigenvalue weighted by Gasteiger charge is 2.02. The van der Waals surface area contributed by atoms with Gasteiger partial charge in [-0.2, -0.15) is 0 Å². The van der Waals surface area contributed by atoms with Crippen LogP contribution in [0.25, 0.3) is 12.7 Å². The molecule has 0 saturated carbocycles. The molecule has 28 heavy (non-hydrogen) atoms. The number of aryl methyl sites for hydroxylation is 2. The largest absolute Gasteiger partial charge is 0.327 e. The summed E-state index contributed by atoms with van der Waals surface area (Å²) in [6.07, 6.45) is 13.5. The van der Waals surface area contributed by atoms with Crippen molar-refractivity contribution in [2.45, 2.75) is 45.9 Å². The second kappa shape index (κ2) is 12.8. The highest BCUT2D eigenvalue weighted by atomic mass is 32.2. The van der Waals surface area contributed by atoms with Crippen LogP contribution in [0.5, 0.6) is 0 Å². The number of benzene rings is 1. The third kappa shape index (κ3) is 7.42. The fraction of sp³-hybridized carbons (Fsp3) is 0.292. The number of allylic oxidation sites excluding steroid dienone is 6. The van der Waals surface area contributed by atoms with Gasteiger partial charge in [0.25, 0.3) is 0 Å². The van der Waals surface area contributed by atoms with Crippen molar-refractivity contribution in [3.63, 3.8) is 0 Å². The van der Waals surface area contributed by atoms with E-state index in [2.05, 4.69) is 69.9 Å². The average Bonchev–Trinajstić information content (AvgIpc) is 2.93. The van der Waals surface area contributed by atoms with Crippen molar-refractivity contribution in [1.82, 2.24) is 4.57 Å². The molecule has 1 aromatic heterocycles. The molecule has 1 nitrogen and oxygen atoms in total. The van der Waals surface area contributed by atoms with E-state index in [1.165, 1.54) is 20.9 Å². The van der Waals surface area contributed by atoms with E-state index in [4.69, 9.17) is 12.2 Å². The number of hydrogen-bond acceptors (Lipinski definition) is 3. The van der Waals surface area contributed by atoms with Crippen LogP contribution in [0.15, 0.2) is 58.4 Å². The summed E-state index contributed by atoms with van der Waals surface area (Å²) in [5, 5.41) is 0.965. The van der Waals surface area contributed by atoms with Gasteiger partial charge in [0.15, 0.2) is 3.95 Å². The van der Waals surface area contributed by atoms with Crippen molar-refractivity contribution in [3.05, 3.63) is 78.4 Å². The lowest BCUT2D eigenvalue weighted by molar-refractivity contribution is 0.882. The quantitative estimate of drug-likeness (QED) is 0.281. The fourth-order valence-corrected chi connectivity index (χ4v) is 4.49. The Morgan fingerprint density at radius 3 is 2.43 bits per heavy atom. The molecule has 0 radical (unpaired) electrons. The summed E-state index contributed by atoms with van der Waals surface area (Å²) in [5.74, 6) is 0. The van der Waals surface area contributed by atoms with E-state index in [0.717, 1.165) is 20.3 Å². The van der Waals surface area contributed by atoms with Crippen LogP contribution in [0.1, 0.15) is 38.3 Å². The highest BCUT2D eigenvalue weighted by molar-refractivity contribution is 8.03. The number of thiazole rings is 1. The predicted octanol–water partition coefficient (Wildman–Crippen LogP) is 6.85. The monoisotopic (exact) mass is 429 g/mol. The summed E-state index contributed by atoms with van der Waals surface area (Å²) in [4.78, 5) is 2.68. The summed E-state index contributed by atoms with van der Waals surface area (Å²) >= 11 is 8.70. The van der Waals surface area contributed by atoms with Gasteiger partial charge in [0.1, 0.15) is 0 Å². The van der Waals surface area contributed by atoms with Crippen LogP contribution in [0.4, 0.5) is 0 Å². The molecule has 0 aliphatic rings. The van der Waals surface area contributed by atoms with Crippen molar-refractivity contribution < 1.29 is 0 Å². The molecular weight excluding hydrogens is 398 g/mol. The van der Waals surface area contributed by atoms with Crippen molar-refractivity contribution in [1.29, 1.82) is 0 Å². The number of rotatable bonds is 6. The van der Waals surface area contributed by atoms with Gasteiger partial charge in [0, 0.05) is 11.9 Å². The van der Waals surface area contributed by atoms with Crippen molar-refractivity contribution >= 4 is 48.0 Å². The van der Waals surface area contributed by atoms with E-state index < -0.39 is 0 Å². The van der Waals surface area contributed by atoms with E-state index in [-0.39, 0.29) is 0 Å². The molecule has 2 rings (SSSR count). The Morgan fingerprint density at radius 1 is 1.18 bits per heavy atom. The molecule has 2 aromatic rings. The van der Waals surface area contributed by atoms with Gasteiger partial charge in [0.2, 0.25) is 0 Å². The van der Waals surface area contributed by atoms with E-state index in [9.17, 15) is 0 Å². The summed E-state index contributed by atoms with van der Waals surface area (Å²) in [7, 11) is 1.95. The van der Waals surface area contributed by atoms with E-state index in [0.29, 0.717) is 0 Å². The molecule has 1 heterocycles. The zero-order chi connectivity index (χ0) is 21.1. The molecule has 0 N–H and O–H groups in total. The maximum atomic E-state index is 5.27. The number of hydrogen-bond donors (Lipinski definition) is 0. The molecule has 0 amide bonds. The van der Waals surface area contributed by atoms with Crippen LogP contribution in [0.3, 0.4) is 0 Å². The first-order chi connectivity index (χ1) is 13.4. The van der Waals surface area contributed by atoms with Gasteiger partial charge >= 0.3 is 0 Å². The van der Waals surface area contributed by atoms with Crippen LogP contribution in [-0.4, -0.2) is 4.57 Å². The first-order valence-electron chi connectivity index (χ1n) is 9.56. The van der Waals surface area contributed by atoms with Gasteiger partial charge in [-0.3, -0.25) is 0 Å². The molecule has 1 aromatic carbocycles. The summed E-state index contributed by atoms with van der Waals surface area (Å²) in [5.41, 5.74) is 2.64. The smallest absolute Gasteiger partial charge is 0.161 e. The van der Waals surface area contributed by atoms with Crippen molar-refractivity contribution in [2.75, 3.05) is 0 Å². The lowest BCUT2D eigenvalue weighted by Gasteiger charge is -2.08. The van der Waals surface area contributed by atoms with Gasteiger partial charge in [0.05, 0.1) is 9.88 Å². The lowest BCUT2D eigenvalue weighted by Crippen LogP contribution is -2.24. The molecule has 150 valence electrons. The molecule has 0 atom stereocenters. The predicted molar refractivity (Wildman–Crippen MR) is 133 cm³/mol. The van der Waals surface area contributed by atoms with Gasteiger partial charge in [-0.05, 0) is 55.1 Å². The third-order valence-electron chi connectivity index (χ3n) is 3.94. The lowest BCUT2D eigenvalue weighted by atomic mass is 10.2. The first-order valence-corrected chi connectivity index (χ1v) is 11.6. The Morgan fingerprint density at radius 2 is 1.86 bits per heavy atom. The molecular formula is C24H31NS3. The Kier molecular flexibility index (Phi) is 11.1. The second-order valence-corrected chi connectivity index (χ2v) is 8.88. The van der Waals surface area contributed by atoms with Crippen LogP contribution >= 0.6 is 35.3 Å². The minimum atomic E-state index is 0.851. The minimum absolute atomic E-state index is 0.851. The van der Waals surface area contributed by atoms with E-state index >= 15 is 0 Å². The van der Waals surface area contributed by atoms with Crippen LogP contribution in [0.2, 0.25) is 0 Å². The Balaban J connectivity index is 0.00000190. The molecule has 0 aliphatic carbocycles. The summed E-state index contributed by atoms with van der Waals surface area (Å²) < 4.78 is 3.90. The maximum absolute atomic E-state index is 5.27. The fourth-order valence-electron chi connectivity index (χ4n) is 2.34. The topological polar surface area (TPSA) is 4.93 Å². The maximum Gasteiger partial charge on any atom is 0.161 e. The average molecular weight is 430 g/mol. The first kappa shape index (κ1) is 24.4. The van der Waals surface area contributed by atoms with Gasteiger partial charge in [-0.25, -0.2) is 0 Å². The van der Waals surface area contributed by atoms with E-state index in [1.54, 1.807) is 11.3 Å². The van der Waals surface area contributed by atoms with Crippen LogP contribution in [-0.2, 0) is 7.05 Å². The molecule has 0 bridgehead atoms. The molecule has 0 spiro atoms. The second-order valence-electron chi connectivity index (χ2n) is 6.03. The van der Waals surface area contributed by atoms with Gasteiger partial charge in [-0.1, -0.05) is 87.2 Å². The zero-order valence-corrected chi connectivity index (χ0v) is 20.2. The zero-order valence-electron chi connectivity index (χ0n) is 17.8. The summed E-state index contributed by atoms with van der Waals surface area (Å²) in [6, 6.07) is 6.62. The van der Waals surface area contributed by atoms with Crippen LogP contribution in [0, 0.1) is 17.8 Å². The standard InChI is InChI=1S/C22H25NS3.C2H6/c1-6-19(25-20-14-13-16(2)15-17(20)3)11-9-7-8-10-12-21-18(4)23(5)22(24)26-21;1-2/h7-15H,4,6H2,1-3,5H3;1-2H3/b9-7+,10-8+,19-11-,21-12+;. The SMILES string of the molecule is C=c1\c(=C/C=C/C=C/C=C(/CC)Sc2ccc(C)cc2C)sc(=S)n1C.CC. The molecule has 0 saturated heterocycles. The van der Waals surface area contributed by atoms with Gasteiger partial charge < -0.3 is 4.57 Å². The molecule has 0 aliphatic heterocycles. The Hall–Kier alpha value is -1.62. The third-order valence-corrected chi connectivity index (χ3v) is 6.87. The molecule has 0 unspecified atom stereocenters. The van der Waals surface area contributed by atoms with Crippen LogP contribution < -0.4 is 9.88 Å². The number of nitrogens with zero attached hydrogens (tertiary/aromatic N) is 1. The van der Waals surface area contributed by atoms with E-state index in [1.807, 2.05) is 49.4 Å². The normalized spacial score (nSPS) is 12.6. The number of aromatic nitrogens is 1. The summed E-state index contributed by atoms with van der Waals surface area (Å²) in [6.45, 7) is 14.6. The minimum Gasteiger partial charge on any atom is -0.327 e. The molecule has 0 fully saturated rings.